The normalized spacial score (nSPS) is 11.8. The van der Waals surface area contributed by atoms with Gasteiger partial charge in [-0.1, -0.05) is 41.9 Å². The van der Waals surface area contributed by atoms with Gasteiger partial charge in [0.15, 0.2) is 16.6 Å². The number of nitrogens with one attached hydrogen (secondary N) is 2. The van der Waals surface area contributed by atoms with Gasteiger partial charge in [0.25, 0.3) is 15.9 Å². The van der Waals surface area contributed by atoms with E-state index in [9.17, 15) is 12.8 Å². The summed E-state index contributed by atoms with van der Waals surface area (Å²) in [5.41, 5.74) is 4.06. The predicted molar refractivity (Wildman–Crippen MR) is 135 cm³/mol. The van der Waals surface area contributed by atoms with Crippen molar-refractivity contribution in [1.29, 1.82) is 0 Å². The molecule has 0 aliphatic carbocycles. The van der Waals surface area contributed by atoms with Crippen molar-refractivity contribution in [3.05, 3.63) is 90.0 Å². The molecule has 8 nitrogen and oxygen atoms in total. The van der Waals surface area contributed by atoms with Gasteiger partial charge in [-0.3, -0.25) is 4.72 Å². The average molecular weight is 520 g/mol. The molecule has 3 aromatic heterocycles. The Morgan fingerprint density at radius 1 is 0.917 bits per heavy atom. The summed E-state index contributed by atoms with van der Waals surface area (Å²) < 4.78 is 47.8. The van der Waals surface area contributed by atoms with Gasteiger partial charge in [0.2, 0.25) is 0 Å². The van der Waals surface area contributed by atoms with E-state index >= 15 is 0 Å². The summed E-state index contributed by atoms with van der Waals surface area (Å²) in [6.45, 7) is 0. The van der Waals surface area contributed by atoms with E-state index in [0.717, 1.165) is 17.1 Å². The molecule has 3 heterocycles. The van der Waals surface area contributed by atoms with Crippen LogP contribution in [-0.4, -0.2) is 28.4 Å². The molecule has 36 heavy (non-hydrogen) atoms. The van der Waals surface area contributed by atoms with Crippen LogP contribution in [0, 0.1) is 5.82 Å². The number of rotatable bonds is 5. The van der Waals surface area contributed by atoms with Crippen LogP contribution in [0.1, 0.15) is 0 Å². The number of H-pyrrole nitrogens is 1. The van der Waals surface area contributed by atoms with E-state index in [1.54, 1.807) is 18.2 Å². The lowest BCUT2D eigenvalue weighted by Gasteiger charge is -2.11. The third kappa shape index (κ3) is 3.96. The van der Waals surface area contributed by atoms with Crippen molar-refractivity contribution in [2.24, 2.45) is 0 Å². The zero-order valence-corrected chi connectivity index (χ0v) is 19.8. The van der Waals surface area contributed by atoms with Gasteiger partial charge in [0, 0.05) is 11.8 Å². The van der Waals surface area contributed by atoms with E-state index in [1.807, 2.05) is 24.3 Å². The summed E-state index contributed by atoms with van der Waals surface area (Å²) in [5, 5.41) is -0.0772. The fraction of sp³-hybridized carbons (Fsp3) is 0. The second-order valence-electron chi connectivity index (χ2n) is 7.90. The van der Waals surface area contributed by atoms with Crippen molar-refractivity contribution in [3.63, 3.8) is 0 Å². The fourth-order valence-electron chi connectivity index (χ4n) is 3.80. The first kappa shape index (κ1) is 22.2. The number of sulfonamides is 1. The highest BCUT2D eigenvalue weighted by molar-refractivity contribution is 7.92. The van der Waals surface area contributed by atoms with E-state index in [-0.39, 0.29) is 10.8 Å². The molecule has 0 unspecified atom stereocenters. The van der Waals surface area contributed by atoms with Gasteiger partial charge in [-0.15, -0.1) is 0 Å². The number of nitrogens with zero attached hydrogens (tertiary/aromatic N) is 3. The molecular weight excluding hydrogens is 505 g/mol. The van der Waals surface area contributed by atoms with Crippen molar-refractivity contribution in [1.82, 2.24) is 19.9 Å². The Kier molecular flexibility index (Phi) is 5.20. The number of imidazole rings is 1. The van der Waals surface area contributed by atoms with Crippen molar-refractivity contribution in [3.8, 4) is 22.8 Å². The van der Waals surface area contributed by atoms with Crippen LogP contribution in [0.4, 0.5) is 10.1 Å². The molecule has 0 radical (unpaired) electrons. The lowest BCUT2D eigenvalue weighted by Crippen LogP contribution is -2.15. The predicted octanol–water partition coefficient (Wildman–Crippen LogP) is 6.03. The topological polar surface area (TPSA) is 114 Å². The molecule has 0 fully saturated rings. The Morgan fingerprint density at radius 2 is 1.72 bits per heavy atom. The summed E-state index contributed by atoms with van der Waals surface area (Å²) >= 11 is 6.15. The molecule has 0 saturated heterocycles. The molecule has 6 rings (SSSR count). The number of hydrogen-bond acceptors (Lipinski definition) is 6. The Labute approximate surface area is 208 Å². The Bertz CT molecular complexity index is 1850. The molecule has 3 aromatic carbocycles. The standard InChI is InChI=1S/C25H15ClFN5O3S/c26-23-20(32-36(33,34)22-8-4-1-5-16(22)27)11-15(13-28-23)14-9-10-19-21(12-14)35-25(31-19)24-29-17-6-2-3-7-18(17)30-24/h1-13,32H,(H,29,30). The number of halogens is 2. The zero-order chi connectivity index (χ0) is 24.9. The first-order valence-electron chi connectivity index (χ1n) is 10.7. The highest BCUT2D eigenvalue weighted by Gasteiger charge is 2.21. The minimum Gasteiger partial charge on any atom is -0.434 e. The number of benzene rings is 3. The summed E-state index contributed by atoms with van der Waals surface area (Å²) in [4.78, 5) is 15.8. The van der Waals surface area contributed by atoms with Crippen LogP contribution >= 0.6 is 11.6 Å². The van der Waals surface area contributed by atoms with Crippen molar-refractivity contribution in [2.75, 3.05) is 4.72 Å². The van der Waals surface area contributed by atoms with Gasteiger partial charge in [-0.2, -0.15) is 0 Å². The Balaban J connectivity index is 1.35. The van der Waals surface area contributed by atoms with Crippen molar-refractivity contribution >= 4 is 49.4 Å². The van der Waals surface area contributed by atoms with Gasteiger partial charge in [0.1, 0.15) is 16.2 Å². The van der Waals surface area contributed by atoms with Gasteiger partial charge in [-0.25, -0.2) is 27.8 Å². The smallest absolute Gasteiger partial charge is 0.264 e. The maximum Gasteiger partial charge on any atom is 0.264 e. The van der Waals surface area contributed by atoms with Crippen molar-refractivity contribution in [2.45, 2.75) is 4.90 Å². The number of para-hydroxylation sites is 2. The molecule has 0 spiro atoms. The third-order valence-electron chi connectivity index (χ3n) is 5.52. The fourth-order valence-corrected chi connectivity index (χ4v) is 5.14. The van der Waals surface area contributed by atoms with Crippen molar-refractivity contribution < 1.29 is 17.2 Å². The summed E-state index contributed by atoms with van der Waals surface area (Å²) in [5.74, 6) is -0.0286. The van der Waals surface area contributed by atoms with Gasteiger partial charge in [0.05, 0.1) is 16.7 Å². The molecule has 0 amide bonds. The van der Waals surface area contributed by atoms with Crippen LogP contribution in [0.3, 0.4) is 0 Å². The number of fused-ring (bicyclic) bond motifs is 2. The number of pyridine rings is 1. The first-order valence-corrected chi connectivity index (χ1v) is 12.5. The van der Waals surface area contributed by atoms with Crippen LogP contribution < -0.4 is 4.72 Å². The van der Waals surface area contributed by atoms with E-state index in [0.29, 0.717) is 33.9 Å². The molecule has 6 aromatic rings. The Morgan fingerprint density at radius 3 is 2.56 bits per heavy atom. The van der Waals surface area contributed by atoms with Crippen LogP contribution in [0.15, 0.2) is 88.3 Å². The minimum absolute atomic E-state index is 0.0121. The molecular formula is C25H15ClFN5O3S. The second-order valence-corrected chi connectivity index (χ2v) is 9.91. The lowest BCUT2D eigenvalue weighted by molar-refractivity contribution is 0.570. The number of anilines is 1. The molecule has 0 atom stereocenters. The molecule has 0 saturated carbocycles. The van der Waals surface area contributed by atoms with Gasteiger partial charge >= 0.3 is 0 Å². The minimum atomic E-state index is -4.23. The number of oxazole rings is 1. The van der Waals surface area contributed by atoms with Crippen LogP contribution in [0.5, 0.6) is 0 Å². The largest absolute Gasteiger partial charge is 0.434 e. The maximum atomic E-state index is 14.1. The summed E-state index contributed by atoms with van der Waals surface area (Å²) in [7, 11) is -4.23. The molecule has 0 aliphatic rings. The number of aromatic amines is 1. The highest BCUT2D eigenvalue weighted by atomic mass is 35.5. The summed E-state index contributed by atoms with van der Waals surface area (Å²) in [6.07, 6.45) is 1.50. The second kappa shape index (κ2) is 8.43. The molecule has 0 bridgehead atoms. The lowest BCUT2D eigenvalue weighted by atomic mass is 10.1. The third-order valence-corrected chi connectivity index (χ3v) is 7.22. The quantitative estimate of drug-likeness (QED) is 0.269. The maximum absolute atomic E-state index is 14.1. The molecule has 2 N–H and O–H groups in total. The van der Waals surface area contributed by atoms with E-state index in [4.69, 9.17) is 16.0 Å². The molecule has 178 valence electrons. The highest BCUT2D eigenvalue weighted by Crippen LogP contribution is 2.32. The SMILES string of the molecule is O=S(=O)(Nc1cc(-c2ccc3nc(-c4nc5ccccc5[nH]4)oc3c2)cnc1Cl)c1ccccc1F. The van der Waals surface area contributed by atoms with Gasteiger partial charge < -0.3 is 9.40 Å². The first-order chi connectivity index (χ1) is 17.4. The average Bonchev–Trinajstić information content (AvgIpc) is 3.49. The van der Waals surface area contributed by atoms with E-state index < -0.39 is 20.7 Å². The zero-order valence-electron chi connectivity index (χ0n) is 18.2. The Hall–Kier alpha value is -4.28. The van der Waals surface area contributed by atoms with Gasteiger partial charge in [-0.05, 0) is 48.0 Å². The summed E-state index contributed by atoms with van der Waals surface area (Å²) in [6, 6.07) is 19.5. The van der Waals surface area contributed by atoms with Crippen LogP contribution in [0.2, 0.25) is 5.15 Å². The van der Waals surface area contributed by atoms with E-state index in [1.165, 1.54) is 30.5 Å². The van der Waals surface area contributed by atoms with E-state index in [2.05, 4.69) is 24.7 Å². The van der Waals surface area contributed by atoms with Crippen LogP contribution in [-0.2, 0) is 10.0 Å². The monoisotopic (exact) mass is 519 g/mol. The molecule has 0 aliphatic heterocycles. The number of hydrogen-bond donors (Lipinski definition) is 2. The number of aromatic nitrogens is 4. The van der Waals surface area contributed by atoms with Crippen LogP contribution in [0.25, 0.3) is 45.0 Å². The molecule has 11 heteroatoms.